The van der Waals surface area contributed by atoms with Crippen molar-refractivity contribution in [3.05, 3.63) is 23.8 Å². The fraction of sp³-hybridized carbons (Fsp3) is 0.333. The molecule has 0 spiro atoms. The van der Waals surface area contributed by atoms with Crippen molar-refractivity contribution in [1.29, 1.82) is 0 Å². The molecule has 0 fully saturated rings. The third-order valence-electron chi connectivity index (χ3n) is 2.27. The highest BCUT2D eigenvalue weighted by Gasteiger charge is 2.19. The first-order chi connectivity index (χ1) is 7.91. The summed E-state index contributed by atoms with van der Waals surface area (Å²) in [6.07, 6.45) is 1.30. The average Bonchev–Trinajstić information content (AvgIpc) is 2.20. The number of aliphatic imine (C=N–C) groups is 1. The molecule has 0 saturated heterocycles. The first kappa shape index (κ1) is 13.0. The first-order valence-electron chi connectivity index (χ1n) is 5.19. The smallest absolute Gasteiger partial charge is 0.328 e. The Morgan fingerprint density at radius 2 is 2.00 bits per heavy atom. The van der Waals surface area contributed by atoms with E-state index >= 15 is 0 Å². The van der Waals surface area contributed by atoms with E-state index in [-0.39, 0.29) is 17.4 Å². The summed E-state index contributed by atoms with van der Waals surface area (Å²) < 4.78 is 0. The van der Waals surface area contributed by atoms with Gasteiger partial charge in [0.25, 0.3) is 0 Å². The monoisotopic (exact) mass is 237 g/mol. The first-order valence-corrected chi connectivity index (χ1v) is 5.19. The number of hydrogen-bond donors (Lipinski definition) is 3. The molecule has 5 nitrogen and oxygen atoms in total. The zero-order valence-corrected chi connectivity index (χ0v) is 9.66. The lowest BCUT2D eigenvalue weighted by molar-refractivity contribution is -0.139. The summed E-state index contributed by atoms with van der Waals surface area (Å²) in [6, 6.07) is 3.19. The Morgan fingerprint density at radius 1 is 1.35 bits per heavy atom. The number of aliphatic carboxylic acids is 1. The summed E-state index contributed by atoms with van der Waals surface area (Å²) >= 11 is 0. The highest BCUT2D eigenvalue weighted by atomic mass is 16.4. The van der Waals surface area contributed by atoms with Crippen molar-refractivity contribution in [2.24, 2.45) is 10.9 Å². The normalized spacial score (nSPS) is 13.1. The number of phenols is 2. The second kappa shape index (κ2) is 5.34. The molecule has 0 aromatic heterocycles. The lowest BCUT2D eigenvalue weighted by atomic mass is 10.1. The standard InChI is InChI=1S/C12H15NO4/c1-7(2)11(12(16)17)13-6-8-3-4-9(14)5-10(8)15/h3-7,11,14-15H,1-2H3,(H,16,17)/t11-/m0/s1. The predicted molar refractivity (Wildman–Crippen MR) is 63.6 cm³/mol. The van der Waals surface area contributed by atoms with Gasteiger partial charge in [0.2, 0.25) is 0 Å². The van der Waals surface area contributed by atoms with Gasteiger partial charge in [0.05, 0.1) is 0 Å². The Balaban J connectivity index is 2.92. The topological polar surface area (TPSA) is 90.1 Å². The minimum absolute atomic E-state index is 0.0571. The maximum absolute atomic E-state index is 10.9. The molecule has 1 atom stereocenters. The van der Waals surface area contributed by atoms with Crippen LogP contribution in [0.5, 0.6) is 11.5 Å². The van der Waals surface area contributed by atoms with E-state index in [0.717, 1.165) is 0 Å². The minimum atomic E-state index is -1.01. The number of carboxylic acid groups (broad SMARTS) is 1. The van der Waals surface area contributed by atoms with E-state index < -0.39 is 12.0 Å². The van der Waals surface area contributed by atoms with E-state index in [9.17, 15) is 9.90 Å². The van der Waals surface area contributed by atoms with Gasteiger partial charge in [-0.05, 0) is 18.1 Å². The highest BCUT2D eigenvalue weighted by molar-refractivity contribution is 5.86. The maximum Gasteiger partial charge on any atom is 0.328 e. The van der Waals surface area contributed by atoms with E-state index in [1.165, 1.54) is 24.4 Å². The Hall–Kier alpha value is -2.04. The van der Waals surface area contributed by atoms with E-state index in [2.05, 4.69) is 4.99 Å². The van der Waals surface area contributed by atoms with Gasteiger partial charge in [0.1, 0.15) is 17.5 Å². The van der Waals surface area contributed by atoms with Gasteiger partial charge in [0, 0.05) is 17.8 Å². The molecule has 17 heavy (non-hydrogen) atoms. The zero-order valence-electron chi connectivity index (χ0n) is 9.66. The second-order valence-electron chi connectivity index (χ2n) is 4.05. The van der Waals surface area contributed by atoms with Crippen LogP contribution in [0.15, 0.2) is 23.2 Å². The van der Waals surface area contributed by atoms with E-state index in [4.69, 9.17) is 10.2 Å². The van der Waals surface area contributed by atoms with Crippen LogP contribution >= 0.6 is 0 Å². The molecule has 0 aliphatic heterocycles. The Kier molecular flexibility index (Phi) is 4.09. The van der Waals surface area contributed by atoms with Crippen LogP contribution in [0, 0.1) is 5.92 Å². The molecule has 3 N–H and O–H groups in total. The van der Waals surface area contributed by atoms with Crippen LogP contribution in [0.1, 0.15) is 19.4 Å². The molecule has 1 rings (SSSR count). The summed E-state index contributed by atoms with van der Waals surface area (Å²) in [5.74, 6) is -1.34. The van der Waals surface area contributed by atoms with Gasteiger partial charge >= 0.3 is 5.97 Å². The van der Waals surface area contributed by atoms with Gasteiger partial charge in [-0.1, -0.05) is 13.8 Å². The van der Waals surface area contributed by atoms with Crippen LogP contribution in [0.3, 0.4) is 0 Å². The number of aromatic hydroxyl groups is 2. The molecule has 92 valence electrons. The summed E-state index contributed by atoms with van der Waals surface area (Å²) in [6.45, 7) is 3.51. The quantitative estimate of drug-likeness (QED) is 0.694. The minimum Gasteiger partial charge on any atom is -0.508 e. The lowest BCUT2D eigenvalue weighted by Crippen LogP contribution is -2.24. The van der Waals surface area contributed by atoms with E-state index in [0.29, 0.717) is 5.56 Å². The van der Waals surface area contributed by atoms with Crippen molar-refractivity contribution in [3.8, 4) is 11.5 Å². The van der Waals surface area contributed by atoms with Crippen molar-refractivity contribution in [2.75, 3.05) is 0 Å². The molecule has 0 heterocycles. The van der Waals surface area contributed by atoms with Crippen LogP contribution in [-0.2, 0) is 4.79 Å². The third kappa shape index (κ3) is 3.48. The molecular weight excluding hydrogens is 222 g/mol. The Bertz CT molecular complexity index is 440. The van der Waals surface area contributed by atoms with Gasteiger partial charge in [-0.3, -0.25) is 4.99 Å². The van der Waals surface area contributed by atoms with Crippen LogP contribution in [0.4, 0.5) is 0 Å². The van der Waals surface area contributed by atoms with E-state index in [1.54, 1.807) is 13.8 Å². The largest absolute Gasteiger partial charge is 0.508 e. The number of benzene rings is 1. The number of phenolic OH excluding ortho intramolecular Hbond substituents is 2. The molecule has 0 amide bonds. The molecule has 1 aromatic rings. The predicted octanol–water partition coefficient (Wildman–Crippen LogP) is 1.63. The fourth-order valence-corrected chi connectivity index (χ4v) is 1.32. The molecule has 0 radical (unpaired) electrons. The Labute approximate surface area is 99.1 Å². The molecule has 0 saturated carbocycles. The lowest BCUT2D eigenvalue weighted by Gasteiger charge is -2.10. The fourth-order valence-electron chi connectivity index (χ4n) is 1.32. The molecular formula is C12H15NO4. The van der Waals surface area contributed by atoms with Crippen LogP contribution < -0.4 is 0 Å². The summed E-state index contributed by atoms with van der Waals surface area (Å²) in [4.78, 5) is 14.8. The van der Waals surface area contributed by atoms with Gasteiger partial charge in [0.15, 0.2) is 0 Å². The summed E-state index contributed by atoms with van der Waals surface area (Å²) in [7, 11) is 0. The van der Waals surface area contributed by atoms with Gasteiger partial charge in [-0.25, -0.2) is 4.79 Å². The number of carbonyl (C=O) groups is 1. The van der Waals surface area contributed by atoms with Gasteiger partial charge < -0.3 is 15.3 Å². The summed E-state index contributed by atoms with van der Waals surface area (Å²) in [5.41, 5.74) is 0.370. The van der Waals surface area contributed by atoms with Crippen LogP contribution in [-0.4, -0.2) is 33.5 Å². The molecule has 0 unspecified atom stereocenters. The van der Waals surface area contributed by atoms with Crippen molar-refractivity contribution in [3.63, 3.8) is 0 Å². The van der Waals surface area contributed by atoms with Gasteiger partial charge in [-0.2, -0.15) is 0 Å². The van der Waals surface area contributed by atoms with Crippen molar-refractivity contribution < 1.29 is 20.1 Å². The molecule has 0 bridgehead atoms. The Morgan fingerprint density at radius 3 is 2.47 bits per heavy atom. The summed E-state index contributed by atoms with van der Waals surface area (Å²) in [5, 5.41) is 27.5. The third-order valence-corrected chi connectivity index (χ3v) is 2.27. The van der Waals surface area contributed by atoms with Crippen molar-refractivity contribution in [1.82, 2.24) is 0 Å². The second-order valence-corrected chi connectivity index (χ2v) is 4.05. The SMILES string of the molecule is CC(C)[C@H](N=Cc1ccc(O)cc1O)C(=O)O. The van der Waals surface area contributed by atoms with E-state index in [1.807, 2.05) is 0 Å². The average molecular weight is 237 g/mol. The number of nitrogens with zero attached hydrogens (tertiary/aromatic N) is 1. The molecule has 5 heteroatoms. The zero-order chi connectivity index (χ0) is 13.0. The number of carboxylic acids is 1. The molecule has 0 aliphatic rings. The van der Waals surface area contributed by atoms with Crippen molar-refractivity contribution >= 4 is 12.2 Å². The van der Waals surface area contributed by atoms with Crippen molar-refractivity contribution in [2.45, 2.75) is 19.9 Å². The highest BCUT2D eigenvalue weighted by Crippen LogP contribution is 2.21. The van der Waals surface area contributed by atoms with Gasteiger partial charge in [-0.15, -0.1) is 0 Å². The van der Waals surface area contributed by atoms with Crippen LogP contribution in [0.25, 0.3) is 0 Å². The maximum atomic E-state index is 10.9. The van der Waals surface area contributed by atoms with Crippen LogP contribution in [0.2, 0.25) is 0 Å². The number of hydrogen-bond acceptors (Lipinski definition) is 4. The number of rotatable bonds is 4. The molecule has 1 aromatic carbocycles. The molecule has 0 aliphatic carbocycles.